The van der Waals surface area contributed by atoms with E-state index in [0.29, 0.717) is 29.8 Å². The number of hydrogen-bond acceptors (Lipinski definition) is 6. The Hall–Kier alpha value is -3.18. The summed E-state index contributed by atoms with van der Waals surface area (Å²) in [5, 5.41) is 9.15. The predicted octanol–water partition coefficient (Wildman–Crippen LogP) is 2.85. The minimum Gasteiger partial charge on any atom is -0.457 e. The second-order valence-corrected chi connectivity index (χ2v) is 7.71. The van der Waals surface area contributed by atoms with Crippen molar-refractivity contribution in [3.63, 3.8) is 0 Å². The van der Waals surface area contributed by atoms with Crippen LogP contribution in [0.1, 0.15) is 63.5 Å². The number of aromatic nitrogens is 2. The minimum atomic E-state index is -0.515. The summed E-state index contributed by atoms with van der Waals surface area (Å²) in [4.78, 5) is 39.3. The number of ketones is 1. The van der Waals surface area contributed by atoms with Crippen molar-refractivity contribution in [2.45, 2.75) is 53.5 Å². The summed E-state index contributed by atoms with van der Waals surface area (Å²) in [5.74, 6) is -0.779. The van der Waals surface area contributed by atoms with E-state index in [4.69, 9.17) is 14.7 Å². The molecule has 2 rings (SSSR count). The number of carbonyl (C=O) groups is 2. The smallest absolute Gasteiger partial charge is 0.306 e. The molecule has 31 heavy (non-hydrogen) atoms. The monoisotopic (exact) mass is 427 g/mol. The Bertz CT molecular complexity index is 1090. The Morgan fingerprint density at radius 1 is 1.26 bits per heavy atom. The van der Waals surface area contributed by atoms with Crippen LogP contribution in [0.5, 0.6) is 0 Å². The Kier molecular flexibility index (Phi) is 7.95. The van der Waals surface area contributed by atoms with Gasteiger partial charge < -0.3 is 19.0 Å². The fourth-order valence-electron chi connectivity index (χ4n) is 4.00. The molecule has 0 saturated carbocycles. The molecule has 2 heterocycles. The first-order valence-corrected chi connectivity index (χ1v) is 10.1. The molecule has 0 fully saturated rings. The molecule has 0 unspecified atom stereocenters. The highest BCUT2D eigenvalue weighted by molar-refractivity contribution is 5.99. The van der Waals surface area contributed by atoms with E-state index in [-0.39, 0.29) is 30.4 Å². The second-order valence-electron chi connectivity index (χ2n) is 7.71. The number of Topliss-reactive ketones (excluding diaryl/α,β-unsaturated/α-hetero) is 1. The van der Waals surface area contributed by atoms with Crippen molar-refractivity contribution in [2.24, 2.45) is 0 Å². The van der Waals surface area contributed by atoms with Crippen LogP contribution in [0.2, 0.25) is 0 Å². The molecule has 2 aromatic rings. The molecule has 0 aliphatic heterocycles. The Labute approximate surface area is 181 Å². The first-order chi connectivity index (χ1) is 14.6. The van der Waals surface area contributed by atoms with Gasteiger partial charge in [0.1, 0.15) is 11.6 Å². The van der Waals surface area contributed by atoms with Gasteiger partial charge >= 0.3 is 5.97 Å². The van der Waals surface area contributed by atoms with Crippen molar-refractivity contribution in [3.8, 4) is 6.07 Å². The van der Waals surface area contributed by atoms with Crippen molar-refractivity contribution in [1.82, 2.24) is 9.55 Å². The van der Waals surface area contributed by atoms with Gasteiger partial charge in [-0.25, -0.2) is 0 Å². The summed E-state index contributed by atoms with van der Waals surface area (Å²) in [6.07, 6.45) is 0.342. The molecule has 0 aromatic carbocycles. The number of nitrogens with one attached hydrogen (secondary N) is 1. The van der Waals surface area contributed by atoms with E-state index in [0.717, 1.165) is 17.0 Å². The molecule has 8 nitrogen and oxygen atoms in total. The Morgan fingerprint density at radius 2 is 1.94 bits per heavy atom. The van der Waals surface area contributed by atoms with Crippen molar-refractivity contribution in [3.05, 3.63) is 55.8 Å². The quantitative estimate of drug-likeness (QED) is 0.486. The fraction of sp³-hybridized carbons (Fsp3) is 0.478. The first kappa shape index (κ1) is 24.1. The largest absolute Gasteiger partial charge is 0.457 e. The molecule has 1 N–H and O–H groups in total. The topological polar surface area (TPSA) is 114 Å². The highest BCUT2D eigenvalue weighted by atomic mass is 16.5. The van der Waals surface area contributed by atoms with E-state index >= 15 is 0 Å². The number of nitriles is 1. The van der Waals surface area contributed by atoms with Gasteiger partial charge in [-0.05, 0) is 58.2 Å². The lowest BCUT2D eigenvalue weighted by atomic mass is 9.99. The van der Waals surface area contributed by atoms with Crippen LogP contribution in [0.15, 0.2) is 10.9 Å². The van der Waals surface area contributed by atoms with Crippen LogP contribution in [0.25, 0.3) is 0 Å². The molecule has 0 amide bonds. The van der Waals surface area contributed by atoms with Crippen molar-refractivity contribution in [2.75, 3.05) is 20.3 Å². The van der Waals surface area contributed by atoms with Gasteiger partial charge in [-0.15, -0.1) is 0 Å². The van der Waals surface area contributed by atoms with Crippen LogP contribution in [-0.2, 0) is 20.7 Å². The van der Waals surface area contributed by atoms with E-state index in [1.807, 2.05) is 31.4 Å². The molecular formula is C23H29N3O5. The number of esters is 1. The van der Waals surface area contributed by atoms with E-state index in [1.54, 1.807) is 27.0 Å². The van der Waals surface area contributed by atoms with Gasteiger partial charge in [0.05, 0.1) is 12.6 Å². The van der Waals surface area contributed by atoms with E-state index < -0.39 is 11.5 Å². The third-order valence-corrected chi connectivity index (χ3v) is 5.50. The predicted molar refractivity (Wildman–Crippen MR) is 115 cm³/mol. The van der Waals surface area contributed by atoms with Gasteiger partial charge in [-0.1, -0.05) is 0 Å². The summed E-state index contributed by atoms with van der Waals surface area (Å²) in [7, 11) is 1.63. The average Bonchev–Trinajstić information content (AvgIpc) is 3.00. The minimum absolute atomic E-state index is 0.0375. The van der Waals surface area contributed by atoms with Gasteiger partial charge in [0.15, 0.2) is 6.61 Å². The molecular weight excluding hydrogens is 398 g/mol. The molecule has 0 aliphatic rings. The van der Waals surface area contributed by atoms with Crippen molar-refractivity contribution >= 4 is 11.8 Å². The average molecular weight is 428 g/mol. The van der Waals surface area contributed by atoms with Gasteiger partial charge in [-0.2, -0.15) is 5.26 Å². The number of pyridine rings is 1. The zero-order valence-electron chi connectivity index (χ0n) is 18.9. The number of aromatic amines is 1. The Morgan fingerprint density at radius 3 is 2.55 bits per heavy atom. The number of rotatable bonds is 9. The van der Waals surface area contributed by atoms with Crippen LogP contribution >= 0.6 is 0 Å². The number of nitrogens with zero attached hydrogens (tertiary/aromatic N) is 2. The summed E-state index contributed by atoms with van der Waals surface area (Å²) in [6.45, 7) is 9.39. The third-order valence-electron chi connectivity index (χ3n) is 5.50. The van der Waals surface area contributed by atoms with Crippen LogP contribution < -0.4 is 5.56 Å². The SMILES string of the molecule is COC[C@H](C)n1c(C)cc(C(=O)COC(=O)CCc2c(C)[nH]c(=O)c(C#N)c2C)c1C. The standard InChI is InChI=1S/C23H29N3O5/c1-13-9-19(17(5)26(13)14(2)11-30-6)21(27)12-31-22(28)8-7-18-15(3)20(10-24)23(29)25-16(18)4/h9,14H,7-8,11-12H2,1-6H3,(H,25,29)/t14-/m0/s1. The first-order valence-electron chi connectivity index (χ1n) is 10.1. The number of carbonyl (C=O) groups excluding carboxylic acids is 2. The number of H-pyrrole nitrogens is 1. The van der Waals surface area contributed by atoms with Crippen LogP contribution in [-0.4, -0.2) is 41.6 Å². The fourth-order valence-corrected chi connectivity index (χ4v) is 4.00. The lowest BCUT2D eigenvalue weighted by Crippen LogP contribution is -2.19. The molecule has 0 saturated heterocycles. The maximum Gasteiger partial charge on any atom is 0.306 e. The summed E-state index contributed by atoms with van der Waals surface area (Å²) in [6, 6.07) is 3.77. The molecule has 1 atom stereocenters. The molecule has 0 bridgehead atoms. The molecule has 0 spiro atoms. The maximum atomic E-state index is 12.6. The summed E-state index contributed by atoms with van der Waals surface area (Å²) < 4.78 is 12.4. The van der Waals surface area contributed by atoms with Gasteiger partial charge in [0.2, 0.25) is 5.78 Å². The molecule has 0 aliphatic carbocycles. The maximum absolute atomic E-state index is 12.6. The van der Waals surface area contributed by atoms with Crippen LogP contribution in [0.4, 0.5) is 0 Å². The highest BCUT2D eigenvalue weighted by Gasteiger charge is 2.20. The van der Waals surface area contributed by atoms with Gasteiger partial charge in [0.25, 0.3) is 5.56 Å². The second kappa shape index (κ2) is 10.2. The Balaban J connectivity index is 2.02. The zero-order valence-corrected chi connectivity index (χ0v) is 18.9. The van der Waals surface area contributed by atoms with Gasteiger partial charge in [-0.3, -0.25) is 14.4 Å². The number of methoxy groups -OCH3 is 1. The van der Waals surface area contributed by atoms with E-state index in [1.165, 1.54) is 0 Å². The highest BCUT2D eigenvalue weighted by Crippen LogP contribution is 2.21. The summed E-state index contributed by atoms with van der Waals surface area (Å²) >= 11 is 0. The molecule has 0 radical (unpaired) electrons. The number of ether oxygens (including phenoxy) is 2. The third kappa shape index (κ3) is 5.30. The van der Waals surface area contributed by atoms with Crippen LogP contribution in [0, 0.1) is 39.0 Å². The van der Waals surface area contributed by atoms with Gasteiger partial charge in [0, 0.05) is 36.2 Å². The molecule has 8 heteroatoms. The van der Waals surface area contributed by atoms with Crippen LogP contribution in [0.3, 0.4) is 0 Å². The molecule has 166 valence electrons. The van der Waals surface area contributed by atoms with E-state index in [9.17, 15) is 14.4 Å². The normalized spacial score (nSPS) is 11.8. The molecule has 2 aromatic heterocycles. The van der Waals surface area contributed by atoms with E-state index in [2.05, 4.69) is 4.98 Å². The van der Waals surface area contributed by atoms with Crippen molar-refractivity contribution in [1.29, 1.82) is 5.26 Å². The lowest BCUT2D eigenvalue weighted by molar-refractivity contribution is -0.142. The van der Waals surface area contributed by atoms with Crippen molar-refractivity contribution < 1.29 is 19.1 Å². The number of hydrogen-bond donors (Lipinski definition) is 1. The summed E-state index contributed by atoms with van der Waals surface area (Å²) in [5.41, 5.74) is 3.79. The number of aryl methyl sites for hydroxylation is 2. The lowest BCUT2D eigenvalue weighted by Gasteiger charge is -2.17. The zero-order chi connectivity index (χ0) is 23.3.